The Balaban J connectivity index is 1.78. The summed E-state index contributed by atoms with van der Waals surface area (Å²) in [5.41, 5.74) is 1.50. The van der Waals surface area contributed by atoms with Crippen molar-refractivity contribution in [3.05, 3.63) is 21.4 Å². The van der Waals surface area contributed by atoms with E-state index in [1.807, 2.05) is 11.3 Å². The molecule has 2 heteroatoms. The molecule has 0 bridgehead atoms. The van der Waals surface area contributed by atoms with E-state index in [2.05, 4.69) is 39.1 Å². The van der Waals surface area contributed by atoms with Gasteiger partial charge in [-0.05, 0) is 63.6 Å². The van der Waals surface area contributed by atoms with Crippen LogP contribution in [0.15, 0.2) is 6.07 Å². The topological polar surface area (TPSA) is 12.0 Å². The van der Waals surface area contributed by atoms with Gasteiger partial charge in [0.2, 0.25) is 0 Å². The van der Waals surface area contributed by atoms with Gasteiger partial charge in [-0.15, -0.1) is 11.3 Å². The molecule has 1 nitrogen and oxygen atoms in total. The average molecular weight is 279 g/mol. The molecule has 108 valence electrons. The summed E-state index contributed by atoms with van der Waals surface area (Å²) in [5, 5.41) is 3.76. The van der Waals surface area contributed by atoms with E-state index in [0.717, 1.165) is 11.8 Å². The van der Waals surface area contributed by atoms with Gasteiger partial charge in [0, 0.05) is 15.8 Å². The summed E-state index contributed by atoms with van der Waals surface area (Å²) < 4.78 is 0. The maximum absolute atomic E-state index is 3.76. The molecule has 1 atom stereocenters. The molecule has 1 aromatic rings. The molecule has 1 aliphatic rings. The highest BCUT2D eigenvalue weighted by Gasteiger charge is 2.20. The van der Waals surface area contributed by atoms with E-state index >= 15 is 0 Å². The Hall–Kier alpha value is -0.340. The van der Waals surface area contributed by atoms with Crippen LogP contribution in [0.5, 0.6) is 0 Å². The standard InChI is InChI=1S/C17H29NS/c1-5-15-6-8-16(9-7-15)11-18-13(3)17-10-12(2)19-14(17)4/h10,13,15-16,18H,5-9,11H2,1-4H3. The summed E-state index contributed by atoms with van der Waals surface area (Å²) >= 11 is 1.92. The Morgan fingerprint density at radius 1 is 1.21 bits per heavy atom. The van der Waals surface area contributed by atoms with E-state index in [-0.39, 0.29) is 0 Å². The maximum atomic E-state index is 3.76. The normalized spacial score (nSPS) is 25.5. The van der Waals surface area contributed by atoms with E-state index in [4.69, 9.17) is 0 Å². The van der Waals surface area contributed by atoms with E-state index in [1.165, 1.54) is 54.0 Å². The van der Waals surface area contributed by atoms with Crippen LogP contribution in [0, 0.1) is 25.7 Å². The van der Waals surface area contributed by atoms with Crippen molar-refractivity contribution in [2.45, 2.75) is 65.8 Å². The SMILES string of the molecule is CCC1CCC(CNC(C)c2cc(C)sc2C)CC1. The van der Waals surface area contributed by atoms with E-state index in [1.54, 1.807) is 0 Å². The molecule has 1 heterocycles. The monoisotopic (exact) mass is 279 g/mol. The summed E-state index contributed by atoms with van der Waals surface area (Å²) in [7, 11) is 0. The van der Waals surface area contributed by atoms with Crippen LogP contribution in [-0.4, -0.2) is 6.54 Å². The van der Waals surface area contributed by atoms with Crippen molar-refractivity contribution in [2.75, 3.05) is 6.54 Å². The molecular formula is C17H29NS. The molecular weight excluding hydrogens is 250 g/mol. The van der Waals surface area contributed by atoms with Gasteiger partial charge < -0.3 is 5.32 Å². The lowest BCUT2D eigenvalue weighted by molar-refractivity contribution is 0.258. The van der Waals surface area contributed by atoms with Gasteiger partial charge in [-0.1, -0.05) is 26.2 Å². The quantitative estimate of drug-likeness (QED) is 0.778. The van der Waals surface area contributed by atoms with Gasteiger partial charge >= 0.3 is 0 Å². The number of aryl methyl sites for hydroxylation is 2. The molecule has 1 N–H and O–H groups in total. The molecule has 1 aromatic heterocycles. The second-order valence-corrected chi connectivity index (χ2v) is 7.75. The summed E-state index contributed by atoms with van der Waals surface area (Å²) in [4.78, 5) is 2.91. The average Bonchev–Trinajstić information content (AvgIpc) is 2.75. The highest BCUT2D eigenvalue weighted by atomic mass is 32.1. The Labute approximate surface area is 122 Å². The molecule has 1 aliphatic carbocycles. The van der Waals surface area contributed by atoms with E-state index in [0.29, 0.717) is 6.04 Å². The molecule has 0 radical (unpaired) electrons. The number of hydrogen-bond donors (Lipinski definition) is 1. The first-order valence-corrected chi connectivity index (χ1v) is 8.72. The third-order valence-corrected chi connectivity index (χ3v) is 5.78. The Kier molecular flexibility index (Phi) is 5.47. The number of rotatable bonds is 5. The first kappa shape index (κ1) is 15.1. The zero-order chi connectivity index (χ0) is 13.8. The third kappa shape index (κ3) is 4.06. The molecule has 19 heavy (non-hydrogen) atoms. The molecule has 0 spiro atoms. The van der Waals surface area contributed by atoms with Gasteiger partial charge in [-0.3, -0.25) is 0 Å². The van der Waals surface area contributed by atoms with Crippen LogP contribution < -0.4 is 5.32 Å². The minimum Gasteiger partial charge on any atom is -0.310 e. The number of thiophene rings is 1. The highest BCUT2D eigenvalue weighted by molar-refractivity contribution is 7.12. The Morgan fingerprint density at radius 2 is 1.84 bits per heavy atom. The van der Waals surface area contributed by atoms with E-state index < -0.39 is 0 Å². The predicted molar refractivity (Wildman–Crippen MR) is 85.9 cm³/mol. The van der Waals surface area contributed by atoms with Gasteiger partial charge in [0.05, 0.1) is 0 Å². The lowest BCUT2D eigenvalue weighted by Gasteiger charge is -2.29. The third-order valence-electron chi connectivity index (χ3n) is 4.80. The van der Waals surface area contributed by atoms with Crippen LogP contribution in [0.4, 0.5) is 0 Å². The summed E-state index contributed by atoms with van der Waals surface area (Å²) in [5.74, 6) is 1.92. The minimum atomic E-state index is 0.508. The van der Waals surface area contributed by atoms with E-state index in [9.17, 15) is 0 Å². The molecule has 0 amide bonds. The van der Waals surface area contributed by atoms with Crippen molar-refractivity contribution in [1.29, 1.82) is 0 Å². The fourth-order valence-corrected chi connectivity index (χ4v) is 4.40. The van der Waals surface area contributed by atoms with Gasteiger partial charge in [-0.25, -0.2) is 0 Å². The first-order chi connectivity index (χ1) is 9.10. The first-order valence-electron chi connectivity index (χ1n) is 7.90. The molecule has 2 rings (SSSR count). The minimum absolute atomic E-state index is 0.508. The smallest absolute Gasteiger partial charge is 0.0302 e. The zero-order valence-corrected chi connectivity index (χ0v) is 13.8. The van der Waals surface area contributed by atoms with Gasteiger partial charge in [-0.2, -0.15) is 0 Å². The lowest BCUT2D eigenvalue weighted by atomic mass is 9.81. The van der Waals surface area contributed by atoms with Crippen molar-refractivity contribution in [3.63, 3.8) is 0 Å². The molecule has 1 fully saturated rings. The second-order valence-electron chi connectivity index (χ2n) is 6.29. The Morgan fingerprint density at radius 3 is 2.37 bits per heavy atom. The zero-order valence-electron chi connectivity index (χ0n) is 13.0. The highest BCUT2D eigenvalue weighted by Crippen LogP contribution is 2.31. The molecule has 0 aliphatic heterocycles. The molecule has 0 saturated heterocycles. The van der Waals surface area contributed by atoms with Crippen molar-refractivity contribution in [1.82, 2.24) is 5.32 Å². The second kappa shape index (κ2) is 6.90. The fourth-order valence-electron chi connectivity index (χ4n) is 3.38. The molecule has 0 aromatic carbocycles. The van der Waals surface area contributed by atoms with Crippen LogP contribution in [0.1, 0.15) is 67.3 Å². The lowest BCUT2D eigenvalue weighted by Crippen LogP contribution is -2.28. The number of hydrogen-bond acceptors (Lipinski definition) is 2. The van der Waals surface area contributed by atoms with Crippen LogP contribution in [0.3, 0.4) is 0 Å². The summed E-state index contributed by atoms with van der Waals surface area (Å²) in [6.45, 7) is 10.3. The van der Waals surface area contributed by atoms with Crippen molar-refractivity contribution in [2.24, 2.45) is 11.8 Å². The molecule has 1 unspecified atom stereocenters. The summed E-state index contributed by atoms with van der Waals surface area (Å²) in [6.07, 6.45) is 7.14. The van der Waals surface area contributed by atoms with Crippen molar-refractivity contribution >= 4 is 11.3 Å². The predicted octanol–water partition coefficient (Wildman–Crippen LogP) is 5.23. The van der Waals surface area contributed by atoms with Gasteiger partial charge in [0.25, 0.3) is 0 Å². The summed E-state index contributed by atoms with van der Waals surface area (Å²) in [6, 6.07) is 2.86. The van der Waals surface area contributed by atoms with Crippen molar-refractivity contribution < 1.29 is 0 Å². The molecule has 1 saturated carbocycles. The van der Waals surface area contributed by atoms with Crippen LogP contribution in [0.25, 0.3) is 0 Å². The largest absolute Gasteiger partial charge is 0.310 e. The Bertz CT molecular complexity index is 388. The maximum Gasteiger partial charge on any atom is 0.0302 e. The van der Waals surface area contributed by atoms with Crippen LogP contribution in [-0.2, 0) is 0 Å². The number of nitrogens with one attached hydrogen (secondary N) is 1. The van der Waals surface area contributed by atoms with Gasteiger partial charge in [0.1, 0.15) is 0 Å². The van der Waals surface area contributed by atoms with Gasteiger partial charge in [0.15, 0.2) is 0 Å². The van der Waals surface area contributed by atoms with Crippen LogP contribution in [0.2, 0.25) is 0 Å². The van der Waals surface area contributed by atoms with Crippen molar-refractivity contribution in [3.8, 4) is 0 Å². The fraction of sp³-hybridized carbons (Fsp3) is 0.765. The van der Waals surface area contributed by atoms with Crippen LogP contribution >= 0.6 is 11.3 Å².